The molecule has 2 aliphatic rings. The van der Waals surface area contributed by atoms with Gasteiger partial charge in [0.1, 0.15) is 0 Å². The second kappa shape index (κ2) is 8.46. The number of aliphatic carboxylic acids is 1. The van der Waals surface area contributed by atoms with E-state index in [9.17, 15) is 14.7 Å². The zero-order valence-electron chi connectivity index (χ0n) is 16.0. The second-order valence-corrected chi connectivity index (χ2v) is 7.14. The van der Waals surface area contributed by atoms with E-state index in [0.717, 1.165) is 30.4 Å². The van der Waals surface area contributed by atoms with Gasteiger partial charge in [-0.1, -0.05) is 11.6 Å². The van der Waals surface area contributed by atoms with E-state index >= 15 is 0 Å². The zero-order valence-corrected chi connectivity index (χ0v) is 16.0. The average molecular weight is 373 g/mol. The van der Waals surface area contributed by atoms with Crippen LogP contribution < -0.4 is 9.47 Å². The number of hydrogen-bond acceptors (Lipinski definition) is 4. The highest BCUT2D eigenvalue weighted by Crippen LogP contribution is 2.40. The van der Waals surface area contributed by atoms with Gasteiger partial charge in [0, 0.05) is 13.0 Å². The van der Waals surface area contributed by atoms with Gasteiger partial charge in [-0.05, 0) is 55.4 Å². The van der Waals surface area contributed by atoms with Crippen molar-refractivity contribution in [2.45, 2.75) is 51.0 Å². The van der Waals surface area contributed by atoms with E-state index in [1.165, 1.54) is 12.0 Å². The van der Waals surface area contributed by atoms with Crippen LogP contribution in [0.25, 0.3) is 0 Å². The van der Waals surface area contributed by atoms with Crippen molar-refractivity contribution in [1.82, 2.24) is 4.90 Å². The van der Waals surface area contributed by atoms with Crippen LogP contribution in [0.2, 0.25) is 0 Å². The molecular formula is C21H27NO5. The Morgan fingerprint density at radius 3 is 2.52 bits per heavy atom. The number of carbonyl (C=O) groups excluding carboxylic acids is 1. The molecule has 0 bridgehead atoms. The van der Waals surface area contributed by atoms with Crippen molar-refractivity contribution in [1.29, 1.82) is 0 Å². The van der Waals surface area contributed by atoms with Crippen molar-refractivity contribution in [2.24, 2.45) is 0 Å². The molecule has 1 aromatic carbocycles. The minimum Gasteiger partial charge on any atom is -0.493 e. The van der Waals surface area contributed by atoms with Crippen molar-refractivity contribution >= 4 is 11.9 Å². The van der Waals surface area contributed by atoms with Gasteiger partial charge < -0.3 is 19.5 Å². The lowest BCUT2D eigenvalue weighted by molar-refractivity contribution is -0.141. The van der Waals surface area contributed by atoms with Crippen LogP contribution in [-0.4, -0.2) is 42.6 Å². The first-order valence-corrected chi connectivity index (χ1v) is 9.47. The van der Waals surface area contributed by atoms with Crippen LogP contribution in [-0.2, 0) is 16.0 Å². The third-order valence-corrected chi connectivity index (χ3v) is 5.45. The molecule has 1 unspecified atom stereocenters. The fourth-order valence-corrected chi connectivity index (χ4v) is 4.07. The van der Waals surface area contributed by atoms with Crippen LogP contribution in [0.15, 0.2) is 23.8 Å². The van der Waals surface area contributed by atoms with Gasteiger partial charge in [0.2, 0.25) is 5.91 Å². The molecule has 6 heteroatoms. The molecule has 1 aliphatic carbocycles. The maximum Gasteiger partial charge on any atom is 0.305 e. The molecule has 0 fully saturated rings. The molecule has 1 atom stereocenters. The number of rotatable bonds is 6. The van der Waals surface area contributed by atoms with E-state index in [0.29, 0.717) is 30.9 Å². The highest BCUT2D eigenvalue weighted by molar-refractivity contribution is 5.81. The standard InChI is InChI=1S/C21H27NO5/c1-26-18-11-15-8-9-22(20(23)10-14-6-4-3-5-7-14)17(13-21(24)25)16(15)12-19(18)27-2/h6,11-12,17H,3-5,7-10,13H2,1-2H3,(H,24,25). The third kappa shape index (κ3) is 4.26. The lowest BCUT2D eigenvalue weighted by atomic mass is 9.89. The number of benzene rings is 1. The summed E-state index contributed by atoms with van der Waals surface area (Å²) in [5.41, 5.74) is 3.03. The predicted octanol–water partition coefficient (Wildman–Crippen LogP) is 3.49. The number of allylic oxidation sites excluding steroid dienone is 1. The first kappa shape index (κ1) is 19.3. The number of carboxylic acid groups (broad SMARTS) is 1. The van der Waals surface area contributed by atoms with Gasteiger partial charge in [-0.15, -0.1) is 0 Å². The predicted molar refractivity (Wildman–Crippen MR) is 101 cm³/mol. The summed E-state index contributed by atoms with van der Waals surface area (Å²) in [4.78, 5) is 26.2. The molecule has 0 spiro atoms. The maximum atomic E-state index is 13.0. The molecule has 146 valence electrons. The molecule has 27 heavy (non-hydrogen) atoms. The normalized spacial score (nSPS) is 19.1. The van der Waals surface area contributed by atoms with Gasteiger partial charge >= 0.3 is 5.97 Å². The quantitative estimate of drug-likeness (QED) is 0.773. The van der Waals surface area contributed by atoms with Crippen LogP contribution in [0.1, 0.15) is 55.7 Å². The van der Waals surface area contributed by atoms with E-state index in [-0.39, 0.29) is 12.3 Å². The van der Waals surface area contributed by atoms with Gasteiger partial charge in [0.05, 0.1) is 26.7 Å². The number of amides is 1. The van der Waals surface area contributed by atoms with Crippen LogP contribution in [0.5, 0.6) is 11.5 Å². The molecule has 0 aromatic heterocycles. The molecule has 1 heterocycles. The molecule has 3 rings (SSSR count). The number of ether oxygens (including phenoxy) is 2. The van der Waals surface area contributed by atoms with Gasteiger partial charge in [-0.2, -0.15) is 0 Å². The summed E-state index contributed by atoms with van der Waals surface area (Å²) < 4.78 is 10.8. The fraction of sp³-hybridized carbons (Fsp3) is 0.524. The molecule has 0 saturated carbocycles. The summed E-state index contributed by atoms with van der Waals surface area (Å²) in [6, 6.07) is 3.23. The number of nitrogens with zero attached hydrogens (tertiary/aromatic N) is 1. The molecule has 1 aliphatic heterocycles. The first-order valence-electron chi connectivity index (χ1n) is 9.47. The van der Waals surface area contributed by atoms with E-state index in [2.05, 4.69) is 6.08 Å². The Balaban J connectivity index is 1.90. The van der Waals surface area contributed by atoms with E-state index in [1.807, 2.05) is 12.1 Å². The first-order chi connectivity index (χ1) is 13.0. The van der Waals surface area contributed by atoms with Crippen LogP contribution in [0, 0.1) is 0 Å². The average Bonchev–Trinajstić information content (AvgIpc) is 2.67. The number of hydrogen-bond donors (Lipinski definition) is 1. The monoisotopic (exact) mass is 373 g/mol. The summed E-state index contributed by atoms with van der Waals surface area (Å²) in [5, 5.41) is 9.43. The molecular weight excluding hydrogens is 346 g/mol. The van der Waals surface area contributed by atoms with Gasteiger partial charge in [0.15, 0.2) is 11.5 Å². The molecule has 0 saturated heterocycles. The van der Waals surface area contributed by atoms with E-state index in [1.54, 1.807) is 19.1 Å². The SMILES string of the molecule is COc1cc2c(cc1OC)C(CC(=O)O)N(C(=O)CC1=CCCCC1)CC2. The van der Waals surface area contributed by atoms with Gasteiger partial charge in [-0.3, -0.25) is 9.59 Å². The molecule has 6 nitrogen and oxygen atoms in total. The Hall–Kier alpha value is -2.50. The van der Waals surface area contributed by atoms with E-state index in [4.69, 9.17) is 9.47 Å². The van der Waals surface area contributed by atoms with Crippen molar-refractivity contribution in [3.05, 3.63) is 34.9 Å². The van der Waals surface area contributed by atoms with Gasteiger partial charge in [-0.25, -0.2) is 0 Å². The number of fused-ring (bicyclic) bond motifs is 1. The molecule has 0 radical (unpaired) electrons. The van der Waals surface area contributed by atoms with Crippen molar-refractivity contribution in [3.63, 3.8) is 0 Å². The minimum atomic E-state index is -0.919. The van der Waals surface area contributed by atoms with Crippen molar-refractivity contribution in [2.75, 3.05) is 20.8 Å². The van der Waals surface area contributed by atoms with Crippen LogP contribution in [0.3, 0.4) is 0 Å². The van der Waals surface area contributed by atoms with Crippen molar-refractivity contribution in [3.8, 4) is 11.5 Å². The second-order valence-electron chi connectivity index (χ2n) is 7.14. The minimum absolute atomic E-state index is 0.00911. The maximum absolute atomic E-state index is 13.0. The summed E-state index contributed by atoms with van der Waals surface area (Å²) in [5.74, 6) is 0.264. The Labute approximate surface area is 159 Å². The van der Waals surface area contributed by atoms with Crippen LogP contribution >= 0.6 is 0 Å². The Kier molecular flexibility index (Phi) is 6.04. The molecule has 1 aromatic rings. The Morgan fingerprint density at radius 2 is 1.89 bits per heavy atom. The zero-order chi connectivity index (χ0) is 19.4. The number of methoxy groups -OCH3 is 2. The topological polar surface area (TPSA) is 76.1 Å². The Morgan fingerprint density at radius 1 is 1.15 bits per heavy atom. The molecule has 1 amide bonds. The van der Waals surface area contributed by atoms with E-state index < -0.39 is 12.0 Å². The highest BCUT2D eigenvalue weighted by atomic mass is 16.5. The van der Waals surface area contributed by atoms with Gasteiger partial charge in [0.25, 0.3) is 0 Å². The third-order valence-electron chi connectivity index (χ3n) is 5.45. The largest absolute Gasteiger partial charge is 0.493 e. The number of carbonyl (C=O) groups is 2. The van der Waals surface area contributed by atoms with Crippen molar-refractivity contribution < 1.29 is 24.2 Å². The highest BCUT2D eigenvalue weighted by Gasteiger charge is 2.33. The Bertz CT molecular complexity index is 755. The molecule has 1 N–H and O–H groups in total. The lowest BCUT2D eigenvalue weighted by Crippen LogP contribution is -2.41. The lowest BCUT2D eigenvalue weighted by Gasteiger charge is -2.37. The number of carboxylic acids is 1. The summed E-state index contributed by atoms with van der Waals surface area (Å²) >= 11 is 0. The summed E-state index contributed by atoms with van der Waals surface area (Å²) in [7, 11) is 3.13. The summed E-state index contributed by atoms with van der Waals surface area (Å²) in [6.45, 7) is 0.520. The summed E-state index contributed by atoms with van der Waals surface area (Å²) in [6.07, 6.45) is 7.41. The smallest absolute Gasteiger partial charge is 0.305 e. The van der Waals surface area contributed by atoms with Crippen LogP contribution in [0.4, 0.5) is 0 Å². The fourth-order valence-electron chi connectivity index (χ4n) is 4.07.